The second-order valence-corrected chi connectivity index (χ2v) is 5.48. The Morgan fingerprint density at radius 3 is 2.40 bits per heavy atom. The Hall–Kier alpha value is -0.120. The second-order valence-electron chi connectivity index (χ2n) is 5.48. The number of piperazine rings is 1. The molecule has 15 heavy (non-hydrogen) atoms. The zero-order valence-electron chi connectivity index (χ0n) is 10.6. The van der Waals surface area contributed by atoms with Gasteiger partial charge in [0.05, 0.1) is 0 Å². The van der Waals surface area contributed by atoms with Crippen molar-refractivity contribution in [3.8, 4) is 0 Å². The lowest BCUT2D eigenvalue weighted by Crippen LogP contribution is -2.44. The molecular weight excluding hydrogens is 186 g/mol. The Morgan fingerprint density at radius 2 is 1.80 bits per heavy atom. The molecule has 0 bridgehead atoms. The summed E-state index contributed by atoms with van der Waals surface area (Å²) in [7, 11) is 0. The molecule has 1 rings (SSSR count). The van der Waals surface area contributed by atoms with Crippen molar-refractivity contribution in [3.63, 3.8) is 0 Å². The molecule has 0 aromatic heterocycles. The van der Waals surface area contributed by atoms with Crippen LogP contribution in [-0.4, -0.2) is 49.7 Å². The van der Waals surface area contributed by atoms with Crippen LogP contribution in [0.3, 0.4) is 0 Å². The number of hydrogen-bond acceptors (Lipinski definition) is 3. The van der Waals surface area contributed by atoms with Crippen molar-refractivity contribution in [2.45, 2.75) is 39.2 Å². The van der Waals surface area contributed by atoms with Crippen LogP contribution in [0.4, 0.5) is 0 Å². The topological polar surface area (TPSA) is 27.3 Å². The Kier molecular flexibility index (Phi) is 5.58. The van der Waals surface area contributed by atoms with Gasteiger partial charge in [-0.15, -0.1) is 0 Å². The number of unbranched alkanes of at least 4 members (excludes halogenated alkanes) is 1. The van der Waals surface area contributed by atoms with Crippen LogP contribution in [0.2, 0.25) is 0 Å². The Bertz CT molecular complexity index is 157. The first-order valence-electron chi connectivity index (χ1n) is 6.26. The molecule has 0 spiro atoms. The molecule has 90 valence electrons. The van der Waals surface area contributed by atoms with E-state index in [-0.39, 0.29) is 5.54 Å². The van der Waals surface area contributed by atoms with Crippen molar-refractivity contribution in [1.82, 2.24) is 15.5 Å². The monoisotopic (exact) mass is 213 g/mol. The fraction of sp³-hybridized carbons (Fsp3) is 1.00. The predicted octanol–water partition coefficient (Wildman–Crippen LogP) is 1.06. The van der Waals surface area contributed by atoms with Crippen LogP contribution in [0.15, 0.2) is 0 Å². The predicted molar refractivity (Wildman–Crippen MR) is 66.3 cm³/mol. The van der Waals surface area contributed by atoms with Gasteiger partial charge in [0, 0.05) is 31.7 Å². The molecule has 0 saturated carbocycles. The van der Waals surface area contributed by atoms with Crippen molar-refractivity contribution in [2.75, 3.05) is 39.3 Å². The minimum Gasteiger partial charge on any atom is -0.314 e. The maximum absolute atomic E-state index is 3.53. The highest BCUT2D eigenvalue weighted by atomic mass is 15.2. The summed E-state index contributed by atoms with van der Waals surface area (Å²) in [5.74, 6) is 0. The van der Waals surface area contributed by atoms with Gasteiger partial charge in [-0.25, -0.2) is 0 Å². The highest BCUT2D eigenvalue weighted by molar-refractivity contribution is 4.71. The zero-order valence-corrected chi connectivity index (χ0v) is 10.6. The van der Waals surface area contributed by atoms with Gasteiger partial charge in [0.15, 0.2) is 0 Å². The Morgan fingerprint density at radius 1 is 1.13 bits per heavy atom. The van der Waals surface area contributed by atoms with Crippen LogP contribution >= 0.6 is 0 Å². The third-order valence-corrected chi connectivity index (χ3v) is 2.77. The molecule has 0 aromatic carbocycles. The third kappa shape index (κ3) is 6.88. The van der Waals surface area contributed by atoms with Crippen LogP contribution < -0.4 is 10.6 Å². The highest BCUT2D eigenvalue weighted by Gasteiger charge is 2.09. The largest absolute Gasteiger partial charge is 0.314 e. The molecule has 0 aromatic rings. The average Bonchev–Trinajstić information content (AvgIpc) is 2.17. The molecule has 2 N–H and O–H groups in total. The SMILES string of the molecule is CC(C)(C)NCCCCN1CCNCC1. The lowest BCUT2D eigenvalue weighted by molar-refractivity contribution is 0.235. The molecule has 1 aliphatic heterocycles. The summed E-state index contributed by atoms with van der Waals surface area (Å²) in [5.41, 5.74) is 0.273. The van der Waals surface area contributed by atoms with Gasteiger partial charge in [0.2, 0.25) is 0 Å². The summed E-state index contributed by atoms with van der Waals surface area (Å²) in [5, 5.41) is 6.91. The lowest BCUT2D eigenvalue weighted by atomic mass is 10.1. The summed E-state index contributed by atoms with van der Waals surface area (Å²) >= 11 is 0. The van der Waals surface area contributed by atoms with E-state index in [1.165, 1.54) is 45.6 Å². The molecule has 0 amide bonds. The van der Waals surface area contributed by atoms with Gasteiger partial charge in [-0.05, 0) is 46.7 Å². The molecule has 1 heterocycles. The van der Waals surface area contributed by atoms with Crippen molar-refractivity contribution in [2.24, 2.45) is 0 Å². The van der Waals surface area contributed by atoms with Crippen molar-refractivity contribution in [3.05, 3.63) is 0 Å². The number of nitrogens with one attached hydrogen (secondary N) is 2. The van der Waals surface area contributed by atoms with E-state index >= 15 is 0 Å². The molecule has 0 unspecified atom stereocenters. The van der Waals surface area contributed by atoms with Crippen molar-refractivity contribution < 1.29 is 0 Å². The second kappa shape index (κ2) is 6.46. The van der Waals surface area contributed by atoms with Crippen LogP contribution in [0.5, 0.6) is 0 Å². The lowest BCUT2D eigenvalue weighted by Gasteiger charge is -2.27. The van der Waals surface area contributed by atoms with E-state index in [4.69, 9.17) is 0 Å². The van der Waals surface area contributed by atoms with Gasteiger partial charge in [-0.2, -0.15) is 0 Å². The average molecular weight is 213 g/mol. The summed E-state index contributed by atoms with van der Waals surface area (Å²) in [6.07, 6.45) is 2.62. The van der Waals surface area contributed by atoms with E-state index in [0.29, 0.717) is 0 Å². The number of nitrogens with zero attached hydrogens (tertiary/aromatic N) is 1. The molecule has 3 heteroatoms. The number of hydrogen-bond donors (Lipinski definition) is 2. The third-order valence-electron chi connectivity index (χ3n) is 2.77. The van der Waals surface area contributed by atoms with Crippen molar-refractivity contribution >= 4 is 0 Å². The van der Waals surface area contributed by atoms with E-state index in [1.54, 1.807) is 0 Å². The standard InChI is InChI=1S/C12H27N3/c1-12(2,3)14-6-4-5-9-15-10-7-13-8-11-15/h13-14H,4-11H2,1-3H3. The first-order valence-corrected chi connectivity index (χ1v) is 6.26. The molecule has 0 aliphatic carbocycles. The fourth-order valence-electron chi connectivity index (χ4n) is 1.86. The summed E-state index contributed by atoms with van der Waals surface area (Å²) in [6, 6.07) is 0. The van der Waals surface area contributed by atoms with Gasteiger partial charge in [-0.3, -0.25) is 0 Å². The first kappa shape index (κ1) is 12.9. The van der Waals surface area contributed by atoms with E-state index in [9.17, 15) is 0 Å². The maximum atomic E-state index is 3.53. The van der Waals surface area contributed by atoms with Crippen molar-refractivity contribution in [1.29, 1.82) is 0 Å². The summed E-state index contributed by atoms with van der Waals surface area (Å²) in [6.45, 7) is 13.9. The van der Waals surface area contributed by atoms with E-state index in [2.05, 4.69) is 36.3 Å². The van der Waals surface area contributed by atoms with Crippen LogP contribution in [0.25, 0.3) is 0 Å². The maximum Gasteiger partial charge on any atom is 0.0107 e. The van der Waals surface area contributed by atoms with Crippen LogP contribution in [0, 0.1) is 0 Å². The normalized spacial score (nSPS) is 19.4. The van der Waals surface area contributed by atoms with Gasteiger partial charge < -0.3 is 15.5 Å². The zero-order chi connectivity index (χ0) is 11.1. The first-order chi connectivity index (χ1) is 7.08. The van der Waals surface area contributed by atoms with Gasteiger partial charge in [0.1, 0.15) is 0 Å². The molecule has 0 atom stereocenters. The number of rotatable bonds is 5. The van der Waals surface area contributed by atoms with Gasteiger partial charge >= 0.3 is 0 Å². The Labute approximate surface area is 94.6 Å². The van der Waals surface area contributed by atoms with Gasteiger partial charge in [0.25, 0.3) is 0 Å². The van der Waals surface area contributed by atoms with E-state index in [1.807, 2.05) is 0 Å². The smallest absolute Gasteiger partial charge is 0.0107 e. The van der Waals surface area contributed by atoms with Crippen LogP contribution in [-0.2, 0) is 0 Å². The minimum atomic E-state index is 0.273. The Balaban J connectivity index is 1.92. The van der Waals surface area contributed by atoms with E-state index in [0.717, 1.165) is 6.54 Å². The molecule has 1 fully saturated rings. The molecule has 3 nitrogen and oxygen atoms in total. The fourth-order valence-corrected chi connectivity index (χ4v) is 1.86. The molecular formula is C12H27N3. The quantitative estimate of drug-likeness (QED) is 0.669. The molecule has 1 saturated heterocycles. The van der Waals surface area contributed by atoms with E-state index < -0.39 is 0 Å². The van der Waals surface area contributed by atoms with Gasteiger partial charge in [-0.1, -0.05) is 0 Å². The van der Waals surface area contributed by atoms with Crippen LogP contribution in [0.1, 0.15) is 33.6 Å². The molecule has 1 aliphatic rings. The molecule has 0 radical (unpaired) electrons. The minimum absolute atomic E-state index is 0.273. The highest BCUT2D eigenvalue weighted by Crippen LogP contribution is 2.00. The summed E-state index contributed by atoms with van der Waals surface area (Å²) < 4.78 is 0. The summed E-state index contributed by atoms with van der Waals surface area (Å²) in [4.78, 5) is 2.56.